The van der Waals surface area contributed by atoms with Crippen molar-refractivity contribution >= 4 is 17.0 Å². The molecule has 6 heteroatoms. The van der Waals surface area contributed by atoms with Gasteiger partial charge in [-0.1, -0.05) is 0 Å². The molecule has 1 aromatic rings. The van der Waals surface area contributed by atoms with Crippen LogP contribution < -0.4 is 14.2 Å². The summed E-state index contributed by atoms with van der Waals surface area (Å²) < 4.78 is 20.1. The van der Waals surface area contributed by atoms with Crippen LogP contribution in [-0.2, 0) is 11.3 Å². The Balaban J connectivity index is 3.10. The molecule has 1 aromatic carbocycles. The highest BCUT2D eigenvalue weighted by Crippen LogP contribution is 2.34. The lowest BCUT2D eigenvalue weighted by atomic mass is 10.1. The highest BCUT2D eigenvalue weighted by Gasteiger charge is 2.14. The summed E-state index contributed by atoms with van der Waals surface area (Å²) in [5.74, 6) is 1.58. The van der Waals surface area contributed by atoms with E-state index in [9.17, 15) is 4.79 Å². The van der Waals surface area contributed by atoms with Crippen LogP contribution in [0.5, 0.6) is 17.2 Å². The second-order valence-corrected chi connectivity index (χ2v) is 3.35. The van der Waals surface area contributed by atoms with E-state index in [1.165, 1.54) is 21.3 Å². The largest absolute Gasteiger partial charge is 0.496 e. The third-order valence-corrected chi connectivity index (χ3v) is 2.26. The summed E-state index contributed by atoms with van der Waals surface area (Å²) in [6.07, 6.45) is 0. The molecular formula is C11H13ClO5. The SMILES string of the molecule is COc1cc(OC)c(COC(=O)Cl)c(OC)c1. The summed E-state index contributed by atoms with van der Waals surface area (Å²) in [6.45, 7) is -0.0291. The Morgan fingerprint density at radius 3 is 2.00 bits per heavy atom. The molecule has 0 aromatic heterocycles. The van der Waals surface area contributed by atoms with Crippen LogP contribution in [0, 0.1) is 0 Å². The number of carbonyl (C=O) groups is 1. The van der Waals surface area contributed by atoms with Crippen LogP contribution in [0.15, 0.2) is 12.1 Å². The first-order valence-corrected chi connectivity index (χ1v) is 5.11. The predicted octanol–water partition coefficient (Wildman–Crippen LogP) is 2.59. The van der Waals surface area contributed by atoms with Gasteiger partial charge < -0.3 is 18.9 Å². The monoisotopic (exact) mass is 260 g/mol. The summed E-state index contributed by atoms with van der Waals surface area (Å²) in [6, 6.07) is 3.33. The van der Waals surface area contributed by atoms with E-state index in [0.717, 1.165) is 0 Å². The van der Waals surface area contributed by atoms with Crippen molar-refractivity contribution in [2.24, 2.45) is 0 Å². The summed E-state index contributed by atoms with van der Waals surface area (Å²) >= 11 is 5.11. The molecule has 5 nitrogen and oxygen atoms in total. The minimum absolute atomic E-state index is 0.0291. The molecule has 0 saturated heterocycles. The molecule has 0 saturated carbocycles. The third-order valence-electron chi connectivity index (χ3n) is 2.15. The van der Waals surface area contributed by atoms with Crippen LogP contribution >= 0.6 is 11.6 Å². The fourth-order valence-corrected chi connectivity index (χ4v) is 1.40. The number of benzene rings is 1. The fraction of sp³-hybridized carbons (Fsp3) is 0.364. The molecule has 0 spiro atoms. The van der Waals surface area contributed by atoms with Gasteiger partial charge in [-0.3, -0.25) is 0 Å². The zero-order chi connectivity index (χ0) is 12.8. The number of halogens is 1. The Labute approximate surface area is 104 Å². The van der Waals surface area contributed by atoms with E-state index in [1.807, 2.05) is 0 Å². The van der Waals surface area contributed by atoms with Crippen molar-refractivity contribution < 1.29 is 23.7 Å². The van der Waals surface area contributed by atoms with Gasteiger partial charge >= 0.3 is 5.43 Å². The van der Waals surface area contributed by atoms with Gasteiger partial charge in [0.15, 0.2) is 0 Å². The van der Waals surface area contributed by atoms with E-state index in [1.54, 1.807) is 12.1 Å². The Bertz CT molecular complexity index is 380. The van der Waals surface area contributed by atoms with Gasteiger partial charge in [0.25, 0.3) is 0 Å². The number of rotatable bonds is 5. The minimum atomic E-state index is -0.884. The predicted molar refractivity (Wildman–Crippen MR) is 62.1 cm³/mol. The van der Waals surface area contributed by atoms with Gasteiger partial charge in [0, 0.05) is 23.7 Å². The van der Waals surface area contributed by atoms with Gasteiger partial charge in [-0.05, 0) is 0 Å². The average Bonchev–Trinajstić information content (AvgIpc) is 2.34. The van der Waals surface area contributed by atoms with Crippen molar-refractivity contribution in [1.29, 1.82) is 0 Å². The molecule has 1 rings (SSSR count). The number of methoxy groups -OCH3 is 3. The van der Waals surface area contributed by atoms with Crippen molar-refractivity contribution in [2.45, 2.75) is 6.61 Å². The molecule has 0 amide bonds. The van der Waals surface area contributed by atoms with Gasteiger partial charge in [0.05, 0.1) is 26.9 Å². The lowest BCUT2D eigenvalue weighted by molar-refractivity contribution is 0.164. The first-order valence-electron chi connectivity index (χ1n) is 4.73. The highest BCUT2D eigenvalue weighted by molar-refractivity contribution is 6.61. The number of hydrogen-bond acceptors (Lipinski definition) is 5. The van der Waals surface area contributed by atoms with Crippen LogP contribution in [0.4, 0.5) is 4.79 Å². The second-order valence-electron chi connectivity index (χ2n) is 3.04. The van der Waals surface area contributed by atoms with Gasteiger partial charge in [-0.15, -0.1) is 0 Å². The topological polar surface area (TPSA) is 54.0 Å². The van der Waals surface area contributed by atoms with Crippen molar-refractivity contribution in [3.8, 4) is 17.2 Å². The molecule has 0 aliphatic rings. The minimum Gasteiger partial charge on any atom is -0.496 e. The van der Waals surface area contributed by atoms with Crippen LogP contribution in [0.1, 0.15) is 5.56 Å². The van der Waals surface area contributed by atoms with Gasteiger partial charge in [-0.2, -0.15) is 0 Å². The third kappa shape index (κ3) is 3.42. The zero-order valence-electron chi connectivity index (χ0n) is 9.78. The van der Waals surface area contributed by atoms with E-state index < -0.39 is 5.43 Å². The van der Waals surface area contributed by atoms with Gasteiger partial charge in [0.1, 0.15) is 23.9 Å². The molecule has 0 heterocycles. The molecular weight excluding hydrogens is 248 g/mol. The van der Waals surface area contributed by atoms with E-state index in [4.69, 9.17) is 30.5 Å². The fourth-order valence-electron chi connectivity index (χ4n) is 1.35. The standard InChI is InChI=1S/C11H13ClO5/c1-14-7-4-9(15-2)8(6-17-11(12)13)10(5-7)16-3/h4-5H,6H2,1-3H3. The van der Waals surface area contributed by atoms with Crippen LogP contribution in [0.25, 0.3) is 0 Å². The Kier molecular flexibility index (Phi) is 4.90. The molecule has 0 aliphatic carbocycles. The molecule has 0 fully saturated rings. The zero-order valence-corrected chi connectivity index (χ0v) is 10.5. The lowest BCUT2D eigenvalue weighted by Gasteiger charge is -2.14. The quantitative estimate of drug-likeness (QED) is 0.762. The molecule has 0 unspecified atom stereocenters. The average molecular weight is 261 g/mol. The molecule has 17 heavy (non-hydrogen) atoms. The Morgan fingerprint density at radius 1 is 1.12 bits per heavy atom. The number of carbonyl (C=O) groups excluding carboxylic acids is 1. The van der Waals surface area contributed by atoms with Gasteiger partial charge in [0.2, 0.25) is 0 Å². The summed E-state index contributed by atoms with van der Waals surface area (Å²) in [4.78, 5) is 10.6. The summed E-state index contributed by atoms with van der Waals surface area (Å²) in [5.41, 5.74) is -0.297. The first-order chi connectivity index (χ1) is 8.12. The van der Waals surface area contributed by atoms with Crippen molar-refractivity contribution in [3.63, 3.8) is 0 Å². The molecule has 0 bridgehead atoms. The van der Waals surface area contributed by atoms with E-state index in [0.29, 0.717) is 22.8 Å². The molecule has 0 radical (unpaired) electrons. The van der Waals surface area contributed by atoms with Crippen molar-refractivity contribution in [2.75, 3.05) is 21.3 Å². The second kappa shape index (κ2) is 6.20. The number of ether oxygens (including phenoxy) is 4. The Hall–Kier alpha value is -1.62. The smallest absolute Gasteiger partial charge is 0.404 e. The molecule has 94 valence electrons. The molecule has 0 N–H and O–H groups in total. The van der Waals surface area contributed by atoms with E-state index in [-0.39, 0.29) is 6.61 Å². The van der Waals surface area contributed by atoms with Crippen LogP contribution in [0.2, 0.25) is 0 Å². The van der Waals surface area contributed by atoms with E-state index >= 15 is 0 Å². The van der Waals surface area contributed by atoms with Crippen LogP contribution in [0.3, 0.4) is 0 Å². The maximum Gasteiger partial charge on any atom is 0.404 e. The van der Waals surface area contributed by atoms with Gasteiger partial charge in [-0.25, -0.2) is 4.79 Å². The summed E-state index contributed by atoms with van der Waals surface area (Å²) in [7, 11) is 4.53. The maximum absolute atomic E-state index is 10.6. The molecule has 0 aliphatic heterocycles. The van der Waals surface area contributed by atoms with Crippen molar-refractivity contribution in [1.82, 2.24) is 0 Å². The normalized spacial score (nSPS) is 9.65. The maximum atomic E-state index is 10.6. The Morgan fingerprint density at radius 2 is 1.65 bits per heavy atom. The number of hydrogen-bond donors (Lipinski definition) is 0. The van der Waals surface area contributed by atoms with Crippen molar-refractivity contribution in [3.05, 3.63) is 17.7 Å². The van der Waals surface area contributed by atoms with E-state index in [2.05, 4.69) is 0 Å². The molecule has 0 atom stereocenters. The first kappa shape index (κ1) is 13.4. The lowest BCUT2D eigenvalue weighted by Crippen LogP contribution is -2.02. The summed E-state index contributed by atoms with van der Waals surface area (Å²) in [5, 5.41) is 0. The van der Waals surface area contributed by atoms with Crippen LogP contribution in [-0.4, -0.2) is 26.8 Å². The highest BCUT2D eigenvalue weighted by atomic mass is 35.5.